The van der Waals surface area contributed by atoms with Crippen LogP contribution in [0, 0.1) is 0 Å². The Morgan fingerprint density at radius 3 is 1.32 bits per heavy atom. The van der Waals surface area contributed by atoms with Crippen molar-refractivity contribution in [3.8, 4) is 45.7 Å². The van der Waals surface area contributed by atoms with E-state index >= 15 is 0 Å². The molecule has 8 aliphatic heterocycles. The van der Waals surface area contributed by atoms with E-state index in [1.807, 2.05) is 42.2 Å². The summed E-state index contributed by atoms with van der Waals surface area (Å²) < 4.78 is 26.3. The van der Waals surface area contributed by atoms with Crippen molar-refractivity contribution in [1.82, 2.24) is 38.5 Å². The third-order valence-electron chi connectivity index (χ3n) is 22.2. The number of amides is 1. The Morgan fingerprint density at radius 2 is 0.890 bits per heavy atom. The zero-order chi connectivity index (χ0) is 70.0. The zero-order valence-corrected chi connectivity index (χ0v) is 56.8. The van der Waals surface area contributed by atoms with Gasteiger partial charge in [-0.1, -0.05) is 66.2 Å². The minimum Gasteiger partial charge on any atom is -0.508 e. The second-order valence-corrected chi connectivity index (χ2v) is 27.2. The molecule has 2 fully saturated rings. The topological polar surface area (TPSA) is 297 Å². The van der Waals surface area contributed by atoms with Gasteiger partial charge in [0.05, 0.1) is 87.0 Å². The van der Waals surface area contributed by atoms with Gasteiger partial charge in [-0.05, 0) is 155 Å². The highest BCUT2D eigenvalue weighted by atomic mass is 16.6. The highest BCUT2D eigenvalue weighted by Gasteiger charge is 2.49. The minimum atomic E-state index is -1.86. The molecule has 8 aliphatic rings. The van der Waals surface area contributed by atoms with Crippen LogP contribution in [-0.2, 0) is 104 Å². The SMILES string of the molecule is CCc1c2c(nc3ccc(O)cc13)-c1cc3c(c(=O)n1C2)COC(=O)[C@]3(O)CC.CCc1c2c(nc3ccc(OC(=O)N4CCC(N5CCCCC5)CC4)cc13)-c1cc3c(c(=O)n1C2)COC(=O)[C@]3(O)CC.CCc1c2c(nc3ccccc13)-c1cc3c(c(=O)n1C2)COC(=O)[C@]3(O)CC. The maximum atomic E-state index is 13.6. The Hall–Kier alpha value is -9.94. The van der Waals surface area contributed by atoms with Crippen molar-refractivity contribution in [1.29, 1.82) is 0 Å². The number of benzene rings is 3. The van der Waals surface area contributed by atoms with Crippen molar-refractivity contribution in [2.24, 2.45) is 0 Å². The van der Waals surface area contributed by atoms with E-state index in [9.17, 15) is 54.0 Å². The first-order valence-electron chi connectivity index (χ1n) is 34.9. The number of likely N-dealkylation sites (tertiary alicyclic amines) is 2. The van der Waals surface area contributed by atoms with Crippen LogP contribution in [0.15, 0.2) is 93.2 Å². The predicted molar refractivity (Wildman–Crippen MR) is 369 cm³/mol. The van der Waals surface area contributed by atoms with Crippen LogP contribution >= 0.6 is 0 Å². The molecule has 3 aromatic carbocycles. The summed E-state index contributed by atoms with van der Waals surface area (Å²) in [5, 5.41) is 45.8. The molecule has 23 heteroatoms. The van der Waals surface area contributed by atoms with Crippen molar-refractivity contribution in [2.45, 2.75) is 174 Å². The van der Waals surface area contributed by atoms with Crippen molar-refractivity contribution in [3.63, 3.8) is 0 Å². The first kappa shape index (κ1) is 66.0. The fourth-order valence-corrected chi connectivity index (χ4v) is 16.5. The first-order valence-corrected chi connectivity index (χ1v) is 34.9. The molecule has 0 bridgehead atoms. The van der Waals surface area contributed by atoms with Crippen LogP contribution in [-0.4, -0.2) is 115 Å². The van der Waals surface area contributed by atoms with Crippen LogP contribution in [0.5, 0.6) is 11.5 Å². The van der Waals surface area contributed by atoms with E-state index in [0.717, 1.165) is 85.5 Å². The third-order valence-corrected chi connectivity index (χ3v) is 22.2. The molecule has 2 saturated heterocycles. The zero-order valence-electron chi connectivity index (χ0n) is 56.8. The molecule has 14 heterocycles. The van der Waals surface area contributed by atoms with Gasteiger partial charge in [0.15, 0.2) is 16.8 Å². The van der Waals surface area contributed by atoms with Crippen molar-refractivity contribution >= 4 is 56.7 Å². The molecule has 3 atom stereocenters. The maximum Gasteiger partial charge on any atom is 0.415 e. The Bertz CT molecular complexity index is 5200. The van der Waals surface area contributed by atoms with Gasteiger partial charge in [-0.15, -0.1) is 0 Å². The number of carbonyl (C=O) groups excluding carboxylic acids is 4. The van der Waals surface area contributed by atoms with E-state index < -0.39 is 34.7 Å². The molecule has 0 saturated carbocycles. The first-order chi connectivity index (χ1) is 48.2. The number of piperidine rings is 2. The number of hydrogen-bond acceptors (Lipinski definition) is 19. The lowest BCUT2D eigenvalue weighted by Crippen LogP contribution is -2.48. The summed E-state index contributed by atoms with van der Waals surface area (Å²) in [5.41, 5.74) is 8.03. The summed E-state index contributed by atoms with van der Waals surface area (Å²) in [6.45, 7) is 15.7. The Labute approximate surface area is 574 Å². The number of para-hydroxylation sites is 1. The average molecular weight is 1360 g/mol. The average Bonchev–Trinajstić information content (AvgIpc) is 1.49. The van der Waals surface area contributed by atoms with Gasteiger partial charge in [-0.25, -0.2) is 34.1 Å². The van der Waals surface area contributed by atoms with Gasteiger partial charge in [-0.2, -0.15) is 0 Å². The molecule has 1 amide bonds. The fourth-order valence-electron chi connectivity index (χ4n) is 16.5. The maximum absolute atomic E-state index is 13.6. The predicted octanol–water partition coefficient (Wildman–Crippen LogP) is 9.08. The van der Waals surface area contributed by atoms with E-state index in [1.165, 1.54) is 37.9 Å². The van der Waals surface area contributed by atoms with Gasteiger partial charge in [0.25, 0.3) is 16.7 Å². The minimum absolute atomic E-state index is 0.0951. The molecule has 4 N–H and O–H groups in total. The lowest BCUT2D eigenvalue weighted by molar-refractivity contribution is -0.172. The number of hydrogen-bond donors (Lipinski definition) is 4. The highest BCUT2D eigenvalue weighted by Crippen LogP contribution is 2.45. The number of aliphatic hydroxyl groups is 3. The summed E-state index contributed by atoms with van der Waals surface area (Å²) >= 11 is 0. The number of pyridine rings is 6. The van der Waals surface area contributed by atoms with E-state index in [1.54, 1.807) is 76.9 Å². The number of ether oxygens (including phenoxy) is 4. The van der Waals surface area contributed by atoms with Crippen molar-refractivity contribution < 1.29 is 58.6 Å². The number of phenols is 1. The molecule has 100 heavy (non-hydrogen) atoms. The van der Waals surface area contributed by atoms with Crippen molar-refractivity contribution in [3.05, 3.63) is 177 Å². The lowest BCUT2D eigenvalue weighted by Gasteiger charge is -2.39. The number of cyclic esters (lactones) is 3. The second kappa shape index (κ2) is 25.0. The van der Waals surface area contributed by atoms with Crippen LogP contribution in [0.3, 0.4) is 0 Å². The molecule has 6 aromatic heterocycles. The Kier molecular flexibility index (Phi) is 16.5. The van der Waals surface area contributed by atoms with Crippen LogP contribution in [0.4, 0.5) is 4.79 Å². The molecule has 0 aliphatic carbocycles. The number of aromatic nitrogens is 6. The molecule has 0 unspecified atom stereocenters. The Morgan fingerprint density at radius 1 is 0.490 bits per heavy atom. The molecule has 0 spiro atoms. The Balaban J connectivity index is 0.000000126. The van der Waals surface area contributed by atoms with E-state index in [4.69, 9.17) is 33.9 Å². The summed E-state index contributed by atoms with van der Waals surface area (Å²) in [6.07, 6.45) is 8.05. The van der Waals surface area contributed by atoms with Crippen LogP contribution < -0.4 is 21.4 Å². The van der Waals surface area contributed by atoms with Crippen LogP contribution in [0.25, 0.3) is 66.9 Å². The summed E-state index contributed by atoms with van der Waals surface area (Å²) in [5.74, 6) is -1.53. The standard InChI is InChI=1S/C33H38N4O6.C22H20N2O5.C22H20N2O4/c1-3-22-23-16-21(43-32(40)36-14-10-20(11-15-36)35-12-6-5-7-13-35)8-9-27(23)34-29-24(22)18-37-28(29)17-26-25(30(37)38)19-42-31(39)33(26,41)4-2;1-3-12-13-7-11(25)5-6-17(13)23-19-14(12)9-24-18(19)8-16-15(20(24)26)10-29-21(27)22(16,28)4-2;1-3-12-13-7-5-6-8-17(13)23-19-14(12)10-24-18(19)9-16-15(20(24)25)11-28-21(26)22(16,27)4-2/h8-9,16-17,20,41H,3-7,10-15,18-19H2,1-2H3;5-8,25,28H,3-4,9-10H2,1-2H3;5-9,27H,3-4,10-11H2,1-2H3/t33-;2*22-/m000/s1. The number of aryl methyl sites for hydroxylation is 3. The second-order valence-electron chi connectivity index (χ2n) is 27.2. The number of rotatable bonds is 8. The van der Waals surface area contributed by atoms with Gasteiger partial charge in [0, 0.05) is 68.7 Å². The lowest BCUT2D eigenvalue weighted by atomic mass is 9.86. The monoisotopic (exact) mass is 1350 g/mol. The van der Waals surface area contributed by atoms with Crippen LogP contribution in [0.1, 0.15) is 160 Å². The molecule has 9 aromatic rings. The number of phenolic OH excluding ortho intramolecular Hbond substituents is 1. The molecule has 0 radical (unpaired) electrons. The number of fused-ring (bicyclic) bond motifs is 15. The molecule has 17 rings (SSSR count). The summed E-state index contributed by atoms with van der Waals surface area (Å²) in [6, 6.07) is 24.2. The molecule has 23 nitrogen and oxygen atoms in total. The number of aromatic hydroxyl groups is 1. The largest absolute Gasteiger partial charge is 0.508 e. The van der Waals surface area contributed by atoms with E-state index in [0.29, 0.717) is 119 Å². The molecule has 516 valence electrons. The molecular formula is C77H78N8O15. The van der Waals surface area contributed by atoms with Gasteiger partial charge in [-0.3, -0.25) is 14.4 Å². The van der Waals surface area contributed by atoms with E-state index in [2.05, 4.69) is 24.8 Å². The number of carbonyl (C=O) groups is 4. The number of esters is 3. The smallest absolute Gasteiger partial charge is 0.415 e. The quantitative estimate of drug-likeness (QED) is 0.0814. The fraction of sp³-hybridized carbons (Fsp3) is 0.403. The normalized spacial score (nSPS) is 20.8. The number of nitrogens with zero attached hydrogens (tertiary/aromatic N) is 8. The van der Waals surface area contributed by atoms with Gasteiger partial charge in [0.1, 0.15) is 31.3 Å². The van der Waals surface area contributed by atoms with Gasteiger partial charge >= 0.3 is 24.0 Å². The van der Waals surface area contributed by atoms with Gasteiger partial charge in [0.2, 0.25) is 0 Å². The third kappa shape index (κ3) is 10.3. The highest BCUT2D eigenvalue weighted by molar-refractivity contribution is 5.93. The van der Waals surface area contributed by atoms with Gasteiger partial charge < -0.3 is 62.9 Å². The van der Waals surface area contributed by atoms with Crippen molar-refractivity contribution in [2.75, 3.05) is 26.2 Å². The van der Waals surface area contributed by atoms with Crippen LogP contribution in [0.2, 0.25) is 0 Å². The molecular weight excluding hydrogens is 1280 g/mol. The summed E-state index contributed by atoms with van der Waals surface area (Å²) in [4.78, 5) is 109. The van der Waals surface area contributed by atoms with E-state index in [-0.39, 0.29) is 67.6 Å². The summed E-state index contributed by atoms with van der Waals surface area (Å²) in [7, 11) is 0.